The first-order valence-corrected chi connectivity index (χ1v) is 6.65. The van der Waals surface area contributed by atoms with Crippen molar-refractivity contribution in [3.63, 3.8) is 0 Å². The van der Waals surface area contributed by atoms with Crippen LogP contribution in [0, 0.1) is 6.92 Å². The summed E-state index contributed by atoms with van der Waals surface area (Å²) in [5.74, 6) is 6.37. The third-order valence-electron chi connectivity index (χ3n) is 2.36. The molecule has 0 aliphatic heterocycles. The van der Waals surface area contributed by atoms with Gasteiger partial charge in [0.1, 0.15) is 0 Å². The highest BCUT2D eigenvalue weighted by atomic mass is 32.2. The molecule has 0 aliphatic carbocycles. The minimum atomic E-state index is 0.245. The molecule has 0 amide bonds. The van der Waals surface area contributed by atoms with Gasteiger partial charge in [-0.1, -0.05) is 41.6 Å². The molecule has 100 valence electrons. The van der Waals surface area contributed by atoms with E-state index in [4.69, 9.17) is 10.6 Å². The lowest BCUT2D eigenvalue weighted by Gasteiger charge is -2.05. The molecule has 2 aromatic rings. The fourth-order valence-corrected chi connectivity index (χ4v) is 2.28. The Kier molecular flexibility index (Phi) is 4.53. The SMILES string of the molecule is COc1nc(NN)nc(SCc2cccc(C)c2)n1. The number of hydrazine groups is 1. The molecule has 0 unspecified atom stereocenters. The number of nitrogens with one attached hydrogen (secondary N) is 1. The number of aryl methyl sites for hydroxylation is 1. The van der Waals surface area contributed by atoms with Gasteiger partial charge in [-0.15, -0.1) is 0 Å². The van der Waals surface area contributed by atoms with E-state index >= 15 is 0 Å². The van der Waals surface area contributed by atoms with Crippen LogP contribution in [0.25, 0.3) is 0 Å². The van der Waals surface area contributed by atoms with E-state index < -0.39 is 0 Å². The fourth-order valence-electron chi connectivity index (χ4n) is 1.51. The molecule has 0 atom stereocenters. The average Bonchev–Trinajstić information content (AvgIpc) is 2.44. The van der Waals surface area contributed by atoms with Gasteiger partial charge in [0.15, 0.2) is 5.16 Å². The van der Waals surface area contributed by atoms with Gasteiger partial charge in [0.2, 0.25) is 5.95 Å². The molecule has 0 bridgehead atoms. The van der Waals surface area contributed by atoms with Gasteiger partial charge in [-0.05, 0) is 12.5 Å². The van der Waals surface area contributed by atoms with Gasteiger partial charge in [0, 0.05) is 5.75 Å². The van der Waals surface area contributed by atoms with Crippen molar-refractivity contribution in [1.82, 2.24) is 15.0 Å². The van der Waals surface area contributed by atoms with E-state index in [1.54, 1.807) is 0 Å². The molecule has 0 spiro atoms. The van der Waals surface area contributed by atoms with Gasteiger partial charge >= 0.3 is 6.01 Å². The van der Waals surface area contributed by atoms with E-state index in [-0.39, 0.29) is 6.01 Å². The van der Waals surface area contributed by atoms with Gasteiger partial charge in [-0.3, -0.25) is 5.43 Å². The molecule has 6 nitrogen and oxygen atoms in total. The number of methoxy groups -OCH3 is 1. The molecule has 1 heterocycles. The van der Waals surface area contributed by atoms with E-state index in [1.807, 2.05) is 6.07 Å². The molecule has 0 saturated heterocycles. The smallest absolute Gasteiger partial charge is 0.321 e. The highest BCUT2D eigenvalue weighted by molar-refractivity contribution is 7.98. The number of nitrogen functional groups attached to an aromatic ring is 1. The maximum atomic E-state index is 5.30. The lowest BCUT2D eigenvalue weighted by Crippen LogP contribution is -2.12. The molecular weight excluding hydrogens is 262 g/mol. The Morgan fingerprint density at radius 3 is 2.84 bits per heavy atom. The normalized spacial score (nSPS) is 10.3. The van der Waals surface area contributed by atoms with Crippen LogP contribution in [0.2, 0.25) is 0 Å². The first kappa shape index (κ1) is 13.6. The zero-order valence-corrected chi connectivity index (χ0v) is 11.6. The number of hydrogen-bond acceptors (Lipinski definition) is 7. The topological polar surface area (TPSA) is 86.0 Å². The molecule has 2 rings (SSSR count). The summed E-state index contributed by atoms with van der Waals surface area (Å²) in [4.78, 5) is 12.3. The minimum Gasteiger partial charge on any atom is -0.467 e. The molecule has 0 fully saturated rings. The number of ether oxygens (including phenoxy) is 1. The third kappa shape index (κ3) is 3.80. The third-order valence-corrected chi connectivity index (χ3v) is 3.27. The highest BCUT2D eigenvalue weighted by Crippen LogP contribution is 2.21. The van der Waals surface area contributed by atoms with E-state index in [0.717, 1.165) is 5.75 Å². The number of thioether (sulfide) groups is 1. The first-order valence-electron chi connectivity index (χ1n) is 5.66. The average molecular weight is 277 g/mol. The number of nitrogens with two attached hydrogens (primary N) is 1. The maximum absolute atomic E-state index is 5.30. The van der Waals surface area contributed by atoms with Crippen LogP contribution < -0.4 is 16.0 Å². The minimum absolute atomic E-state index is 0.245. The molecule has 0 aliphatic rings. The maximum Gasteiger partial charge on any atom is 0.321 e. The lowest BCUT2D eigenvalue weighted by atomic mass is 10.2. The van der Waals surface area contributed by atoms with Crippen molar-refractivity contribution < 1.29 is 4.74 Å². The van der Waals surface area contributed by atoms with Crippen LogP contribution in [-0.4, -0.2) is 22.1 Å². The summed E-state index contributed by atoms with van der Waals surface area (Å²) in [6.07, 6.45) is 0. The Bertz CT molecular complexity index is 541. The number of nitrogens with zero attached hydrogens (tertiary/aromatic N) is 3. The Morgan fingerprint density at radius 2 is 2.16 bits per heavy atom. The zero-order chi connectivity index (χ0) is 13.7. The molecule has 3 N–H and O–H groups in total. The predicted molar refractivity (Wildman–Crippen MR) is 74.9 cm³/mol. The molecule has 1 aromatic carbocycles. The van der Waals surface area contributed by atoms with E-state index in [1.165, 1.54) is 30.0 Å². The summed E-state index contributed by atoms with van der Waals surface area (Å²) in [6, 6.07) is 8.55. The Labute approximate surface area is 115 Å². The predicted octanol–water partition coefficient (Wildman–Crippen LogP) is 1.77. The van der Waals surface area contributed by atoms with Gasteiger partial charge in [0.25, 0.3) is 0 Å². The van der Waals surface area contributed by atoms with Crippen LogP contribution in [0.1, 0.15) is 11.1 Å². The van der Waals surface area contributed by atoms with Gasteiger partial charge < -0.3 is 4.74 Å². The largest absolute Gasteiger partial charge is 0.467 e. The molecule has 0 saturated carbocycles. The van der Waals surface area contributed by atoms with Crippen LogP contribution in [0.15, 0.2) is 29.4 Å². The quantitative estimate of drug-likeness (QED) is 0.489. The van der Waals surface area contributed by atoms with Crippen LogP contribution in [-0.2, 0) is 5.75 Å². The van der Waals surface area contributed by atoms with Crippen molar-refractivity contribution in [3.05, 3.63) is 35.4 Å². The lowest BCUT2D eigenvalue weighted by molar-refractivity contribution is 0.373. The summed E-state index contributed by atoms with van der Waals surface area (Å²) in [7, 11) is 1.50. The Hall–Kier alpha value is -1.86. The number of rotatable bonds is 5. The van der Waals surface area contributed by atoms with E-state index in [2.05, 4.69) is 45.5 Å². The van der Waals surface area contributed by atoms with Crippen molar-refractivity contribution in [1.29, 1.82) is 0 Å². The number of benzene rings is 1. The van der Waals surface area contributed by atoms with E-state index in [0.29, 0.717) is 11.1 Å². The number of aromatic nitrogens is 3. The second-order valence-corrected chi connectivity index (χ2v) is 4.79. The molecule has 0 radical (unpaired) electrons. The Balaban J connectivity index is 2.10. The monoisotopic (exact) mass is 277 g/mol. The summed E-state index contributed by atoms with van der Waals surface area (Å²) in [6.45, 7) is 2.07. The van der Waals surface area contributed by atoms with E-state index in [9.17, 15) is 0 Å². The van der Waals surface area contributed by atoms with Crippen LogP contribution in [0.3, 0.4) is 0 Å². The second-order valence-electron chi connectivity index (χ2n) is 3.85. The van der Waals surface area contributed by atoms with Crippen molar-refractivity contribution in [3.8, 4) is 6.01 Å². The number of anilines is 1. The summed E-state index contributed by atoms with van der Waals surface area (Å²) in [5.41, 5.74) is 4.84. The van der Waals surface area contributed by atoms with Gasteiger partial charge in [-0.25, -0.2) is 5.84 Å². The van der Waals surface area contributed by atoms with Gasteiger partial charge in [-0.2, -0.15) is 15.0 Å². The molecular formula is C12H15N5OS. The van der Waals surface area contributed by atoms with Crippen LogP contribution in [0.4, 0.5) is 5.95 Å². The van der Waals surface area contributed by atoms with Crippen molar-refractivity contribution in [2.75, 3.05) is 12.5 Å². The number of hydrogen-bond donors (Lipinski definition) is 2. The standard InChI is InChI=1S/C12H15N5OS/c1-8-4-3-5-9(6-8)7-19-12-15-10(17-13)14-11(16-12)18-2/h3-6H,7,13H2,1-2H3,(H,14,15,16,17). The zero-order valence-electron chi connectivity index (χ0n) is 10.8. The first-order chi connectivity index (χ1) is 9.21. The van der Waals surface area contributed by atoms with Crippen molar-refractivity contribution >= 4 is 17.7 Å². The molecule has 1 aromatic heterocycles. The molecule has 7 heteroatoms. The summed E-state index contributed by atoms with van der Waals surface area (Å²) < 4.78 is 5.00. The second kappa shape index (κ2) is 6.35. The van der Waals surface area contributed by atoms with Crippen LogP contribution >= 0.6 is 11.8 Å². The van der Waals surface area contributed by atoms with Gasteiger partial charge in [0.05, 0.1) is 7.11 Å². The summed E-state index contributed by atoms with van der Waals surface area (Å²) >= 11 is 1.50. The fraction of sp³-hybridized carbons (Fsp3) is 0.250. The van der Waals surface area contributed by atoms with Crippen LogP contribution in [0.5, 0.6) is 6.01 Å². The highest BCUT2D eigenvalue weighted by Gasteiger charge is 2.06. The van der Waals surface area contributed by atoms with Crippen molar-refractivity contribution in [2.45, 2.75) is 17.8 Å². The molecule has 19 heavy (non-hydrogen) atoms. The summed E-state index contributed by atoms with van der Waals surface area (Å²) in [5, 5.41) is 0.571. The Morgan fingerprint density at radius 1 is 1.32 bits per heavy atom. The van der Waals surface area contributed by atoms with Crippen molar-refractivity contribution in [2.24, 2.45) is 5.84 Å².